The van der Waals surface area contributed by atoms with Gasteiger partial charge >= 0.3 is 0 Å². The lowest BCUT2D eigenvalue weighted by Gasteiger charge is -2.26. The number of rotatable bonds is 3. The third kappa shape index (κ3) is 3.48. The normalized spacial score (nSPS) is 20.8. The number of benzene rings is 1. The summed E-state index contributed by atoms with van der Waals surface area (Å²) >= 11 is 0. The van der Waals surface area contributed by atoms with Crippen molar-refractivity contribution in [2.24, 2.45) is 5.73 Å². The lowest BCUT2D eigenvalue weighted by Crippen LogP contribution is -2.28. The maximum Gasteiger partial charge on any atom is 0.152 e. The first-order valence-electron chi connectivity index (χ1n) is 6.83. The standard InChI is InChI=1S/C14H22N2O2S/c1-2-13(15)12-6-3-4-7-14(12)16-8-5-10-19(17,18)11-9-16/h3-4,6-7,13H,2,5,8-11,15H2,1H3. The summed E-state index contributed by atoms with van der Waals surface area (Å²) in [6, 6.07) is 8.07. The fourth-order valence-corrected chi connectivity index (χ4v) is 3.76. The molecule has 0 spiro atoms. The van der Waals surface area contributed by atoms with Crippen LogP contribution in [0, 0.1) is 0 Å². The van der Waals surface area contributed by atoms with Gasteiger partial charge in [-0.2, -0.15) is 0 Å². The molecule has 0 radical (unpaired) electrons. The van der Waals surface area contributed by atoms with Crippen LogP contribution in [-0.4, -0.2) is 33.0 Å². The molecule has 2 rings (SSSR count). The van der Waals surface area contributed by atoms with E-state index in [1.54, 1.807) is 0 Å². The second-order valence-corrected chi connectivity index (χ2v) is 7.37. The van der Waals surface area contributed by atoms with Crippen LogP contribution in [0.3, 0.4) is 0 Å². The second-order valence-electron chi connectivity index (χ2n) is 5.07. The summed E-state index contributed by atoms with van der Waals surface area (Å²) in [6.07, 6.45) is 1.57. The van der Waals surface area contributed by atoms with Crippen molar-refractivity contribution in [1.82, 2.24) is 0 Å². The molecule has 1 atom stereocenters. The van der Waals surface area contributed by atoms with Crippen LogP contribution >= 0.6 is 0 Å². The van der Waals surface area contributed by atoms with Gasteiger partial charge in [-0.25, -0.2) is 8.42 Å². The lowest BCUT2D eigenvalue weighted by atomic mass is 10.0. The average Bonchev–Trinajstić information content (AvgIpc) is 2.59. The molecule has 19 heavy (non-hydrogen) atoms. The van der Waals surface area contributed by atoms with Gasteiger partial charge in [-0.15, -0.1) is 0 Å². The monoisotopic (exact) mass is 282 g/mol. The van der Waals surface area contributed by atoms with Crippen molar-refractivity contribution >= 4 is 15.5 Å². The molecule has 1 aromatic rings. The minimum atomic E-state index is -2.87. The summed E-state index contributed by atoms with van der Waals surface area (Å²) in [5.41, 5.74) is 8.36. The SMILES string of the molecule is CCC(N)c1ccccc1N1CCCS(=O)(=O)CC1. The minimum absolute atomic E-state index is 0.0102. The first kappa shape index (κ1) is 14.3. The summed E-state index contributed by atoms with van der Waals surface area (Å²) < 4.78 is 23.3. The van der Waals surface area contributed by atoms with Crippen molar-refractivity contribution < 1.29 is 8.42 Å². The van der Waals surface area contributed by atoms with Gasteiger partial charge in [-0.05, 0) is 24.5 Å². The van der Waals surface area contributed by atoms with Crippen molar-refractivity contribution in [2.45, 2.75) is 25.8 Å². The van der Waals surface area contributed by atoms with Crippen molar-refractivity contribution in [3.8, 4) is 0 Å². The number of anilines is 1. The van der Waals surface area contributed by atoms with Crippen LogP contribution in [0.25, 0.3) is 0 Å². The Hall–Kier alpha value is -1.07. The Balaban J connectivity index is 2.26. The van der Waals surface area contributed by atoms with Gasteiger partial charge in [0.1, 0.15) is 0 Å². The van der Waals surface area contributed by atoms with E-state index in [9.17, 15) is 8.42 Å². The molecule has 2 N–H and O–H groups in total. The van der Waals surface area contributed by atoms with Crippen LogP contribution in [0.2, 0.25) is 0 Å². The van der Waals surface area contributed by atoms with Crippen LogP contribution in [-0.2, 0) is 9.84 Å². The van der Waals surface area contributed by atoms with Gasteiger partial charge in [0, 0.05) is 24.8 Å². The third-order valence-corrected chi connectivity index (χ3v) is 5.39. The second kappa shape index (κ2) is 5.92. The highest BCUT2D eigenvalue weighted by molar-refractivity contribution is 7.91. The first-order chi connectivity index (χ1) is 9.03. The zero-order valence-corrected chi connectivity index (χ0v) is 12.2. The van der Waals surface area contributed by atoms with E-state index in [2.05, 4.69) is 11.8 Å². The Morgan fingerprint density at radius 3 is 2.74 bits per heavy atom. The van der Waals surface area contributed by atoms with Gasteiger partial charge in [0.15, 0.2) is 9.84 Å². The molecule has 0 amide bonds. The predicted molar refractivity (Wildman–Crippen MR) is 79.1 cm³/mol. The van der Waals surface area contributed by atoms with Gasteiger partial charge in [-0.1, -0.05) is 25.1 Å². The molecular weight excluding hydrogens is 260 g/mol. The number of hydrogen-bond acceptors (Lipinski definition) is 4. The number of nitrogens with two attached hydrogens (primary N) is 1. The Bertz CT molecular complexity index is 528. The lowest BCUT2D eigenvalue weighted by molar-refractivity contribution is 0.597. The molecule has 106 valence electrons. The summed E-state index contributed by atoms with van der Waals surface area (Å²) in [5.74, 6) is 0.536. The molecule has 1 fully saturated rings. The molecule has 0 aliphatic carbocycles. The molecule has 0 saturated carbocycles. The quantitative estimate of drug-likeness (QED) is 0.917. The Labute approximate surface area is 115 Å². The maximum absolute atomic E-state index is 11.7. The molecule has 1 heterocycles. The zero-order chi connectivity index (χ0) is 13.9. The van der Waals surface area contributed by atoms with E-state index in [-0.39, 0.29) is 11.8 Å². The van der Waals surface area contributed by atoms with Crippen molar-refractivity contribution in [3.05, 3.63) is 29.8 Å². The molecule has 1 aliphatic rings. The average molecular weight is 282 g/mol. The summed E-state index contributed by atoms with van der Waals surface area (Å²) in [6.45, 7) is 3.41. The van der Waals surface area contributed by atoms with Crippen molar-refractivity contribution in [3.63, 3.8) is 0 Å². The Kier molecular flexibility index (Phi) is 4.47. The summed E-state index contributed by atoms with van der Waals surface area (Å²) in [4.78, 5) is 2.16. The fraction of sp³-hybridized carbons (Fsp3) is 0.571. The van der Waals surface area contributed by atoms with Gasteiger partial charge in [-0.3, -0.25) is 0 Å². The third-order valence-electron chi connectivity index (χ3n) is 3.67. The smallest absolute Gasteiger partial charge is 0.152 e. The Morgan fingerprint density at radius 1 is 1.26 bits per heavy atom. The summed E-state index contributed by atoms with van der Waals surface area (Å²) in [7, 11) is -2.87. The molecule has 0 bridgehead atoms. The van der Waals surface area contributed by atoms with E-state index in [0.717, 1.165) is 24.2 Å². The number of sulfone groups is 1. The van der Waals surface area contributed by atoms with E-state index in [1.807, 2.05) is 24.3 Å². The largest absolute Gasteiger partial charge is 0.370 e. The van der Waals surface area contributed by atoms with Crippen molar-refractivity contribution in [2.75, 3.05) is 29.5 Å². The number of hydrogen-bond donors (Lipinski definition) is 1. The highest BCUT2D eigenvalue weighted by Gasteiger charge is 2.21. The minimum Gasteiger partial charge on any atom is -0.370 e. The maximum atomic E-state index is 11.7. The molecule has 1 aliphatic heterocycles. The van der Waals surface area contributed by atoms with E-state index >= 15 is 0 Å². The summed E-state index contributed by atoms with van der Waals surface area (Å²) in [5, 5.41) is 0. The molecule has 0 aromatic heterocycles. The molecule has 1 aromatic carbocycles. The van der Waals surface area contributed by atoms with E-state index in [1.165, 1.54) is 0 Å². The van der Waals surface area contributed by atoms with E-state index < -0.39 is 9.84 Å². The van der Waals surface area contributed by atoms with Crippen LogP contribution < -0.4 is 10.6 Å². The Morgan fingerprint density at radius 2 is 2.00 bits per heavy atom. The van der Waals surface area contributed by atoms with Gasteiger partial charge < -0.3 is 10.6 Å². The fourth-order valence-electron chi connectivity index (χ4n) is 2.49. The highest BCUT2D eigenvalue weighted by Crippen LogP contribution is 2.27. The van der Waals surface area contributed by atoms with E-state index in [4.69, 9.17) is 5.73 Å². The van der Waals surface area contributed by atoms with Gasteiger partial charge in [0.2, 0.25) is 0 Å². The van der Waals surface area contributed by atoms with E-state index in [0.29, 0.717) is 18.7 Å². The first-order valence-corrected chi connectivity index (χ1v) is 8.65. The highest BCUT2D eigenvalue weighted by atomic mass is 32.2. The van der Waals surface area contributed by atoms with Crippen LogP contribution in [0.5, 0.6) is 0 Å². The molecule has 5 heteroatoms. The predicted octanol–water partition coefficient (Wildman–Crippen LogP) is 1.72. The number of para-hydroxylation sites is 1. The van der Waals surface area contributed by atoms with Crippen LogP contribution in [0.1, 0.15) is 31.4 Å². The molecule has 4 nitrogen and oxygen atoms in total. The molecule has 1 saturated heterocycles. The zero-order valence-electron chi connectivity index (χ0n) is 11.4. The van der Waals surface area contributed by atoms with Gasteiger partial charge in [0.05, 0.1) is 11.5 Å². The van der Waals surface area contributed by atoms with Crippen LogP contribution in [0.4, 0.5) is 5.69 Å². The molecule has 1 unspecified atom stereocenters. The molecular formula is C14H22N2O2S. The van der Waals surface area contributed by atoms with Gasteiger partial charge in [0.25, 0.3) is 0 Å². The topological polar surface area (TPSA) is 63.4 Å². The van der Waals surface area contributed by atoms with Crippen molar-refractivity contribution in [1.29, 1.82) is 0 Å². The van der Waals surface area contributed by atoms with Crippen LogP contribution in [0.15, 0.2) is 24.3 Å². The number of nitrogens with zero attached hydrogens (tertiary/aromatic N) is 1.